The van der Waals surface area contributed by atoms with Crippen molar-refractivity contribution in [2.24, 2.45) is 5.92 Å². The van der Waals surface area contributed by atoms with Gasteiger partial charge in [0.1, 0.15) is 5.82 Å². The first-order valence-electron chi connectivity index (χ1n) is 13.0. The Bertz CT molecular complexity index is 1080. The molecule has 1 aromatic carbocycles. The second kappa shape index (κ2) is 11.9. The van der Waals surface area contributed by atoms with Crippen LogP contribution in [0.1, 0.15) is 36.8 Å². The third-order valence-corrected chi connectivity index (χ3v) is 7.22. The number of rotatable bonds is 8. The van der Waals surface area contributed by atoms with Gasteiger partial charge in [0.2, 0.25) is 5.91 Å². The Kier molecular flexibility index (Phi) is 8.03. The SMILES string of the molecule is O=C(NCc1cccnc1)C1CCN(c2ccc(NC3CCN(Cc4ccccc4)CC3)nn2)CC1. The lowest BCUT2D eigenvalue weighted by molar-refractivity contribution is -0.125. The molecular weight excluding hydrogens is 450 g/mol. The number of carbonyl (C=O) groups is 1. The number of hydrogen-bond donors (Lipinski definition) is 2. The number of benzene rings is 1. The highest BCUT2D eigenvalue weighted by Crippen LogP contribution is 2.23. The van der Waals surface area contributed by atoms with Crippen molar-refractivity contribution in [3.8, 4) is 0 Å². The topological polar surface area (TPSA) is 86.3 Å². The van der Waals surface area contributed by atoms with Crippen LogP contribution in [0.15, 0.2) is 67.0 Å². The molecule has 0 atom stereocenters. The van der Waals surface area contributed by atoms with Gasteiger partial charge in [-0.15, -0.1) is 10.2 Å². The maximum atomic E-state index is 12.6. The highest BCUT2D eigenvalue weighted by atomic mass is 16.1. The molecule has 0 bridgehead atoms. The molecule has 188 valence electrons. The van der Waals surface area contributed by atoms with Crippen molar-refractivity contribution in [3.63, 3.8) is 0 Å². The van der Waals surface area contributed by atoms with Crippen LogP contribution in [0.25, 0.3) is 0 Å². The normalized spacial score (nSPS) is 17.6. The maximum absolute atomic E-state index is 12.6. The fraction of sp³-hybridized carbons (Fsp3) is 0.429. The molecule has 0 radical (unpaired) electrons. The summed E-state index contributed by atoms with van der Waals surface area (Å²) in [5, 5.41) is 15.5. The summed E-state index contributed by atoms with van der Waals surface area (Å²) >= 11 is 0. The molecule has 3 aromatic rings. The van der Waals surface area contributed by atoms with Crippen molar-refractivity contribution < 1.29 is 4.79 Å². The third-order valence-electron chi connectivity index (χ3n) is 7.22. The number of anilines is 2. The minimum Gasteiger partial charge on any atom is -0.366 e. The van der Waals surface area contributed by atoms with E-state index in [0.29, 0.717) is 12.6 Å². The largest absolute Gasteiger partial charge is 0.366 e. The third kappa shape index (κ3) is 6.57. The predicted molar refractivity (Wildman–Crippen MR) is 141 cm³/mol. The highest BCUT2D eigenvalue weighted by Gasteiger charge is 2.26. The van der Waals surface area contributed by atoms with E-state index >= 15 is 0 Å². The monoisotopic (exact) mass is 485 g/mol. The summed E-state index contributed by atoms with van der Waals surface area (Å²) in [5.74, 6) is 1.89. The van der Waals surface area contributed by atoms with E-state index in [-0.39, 0.29) is 11.8 Å². The minimum atomic E-state index is 0.0413. The molecule has 0 spiro atoms. The Balaban J connectivity index is 1.03. The number of amides is 1. The van der Waals surface area contributed by atoms with Crippen molar-refractivity contribution in [2.75, 3.05) is 36.4 Å². The van der Waals surface area contributed by atoms with Crippen molar-refractivity contribution >= 4 is 17.5 Å². The molecule has 2 fully saturated rings. The molecule has 0 aliphatic carbocycles. The van der Waals surface area contributed by atoms with E-state index in [1.807, 2.05) is 24.3 Å². The quantitative estimate of drug-likeness (QED) is 0.505. The molecule has 4 heterocycles. The smallest absolute Gasteiger partial charge is 0.223 e. The molecule has 8 nitrogen and oxygen atoms in total. The van der Waals surface area contributed by atoms with E-state index in [1.54, 1.807) is 12.4 Å². The Morgan fingerprint density at radius 2 is 1.64 bits per heavy atom. The molecule has 0 saturated carbocycles. The Morgan fingerprint density at radius 3 is 2.33 bits per heavy atom. The average Bonchev–Trinajstić information content (AvgIpc) is 2.94. The zero-order valence-corrected chi connectivity index (χ0v) is 20.7. The maximum Gasteiger partial charge on any atom is 0.223 e. The van der Waals surface area contributed by atoms with Gasteiger partial charge in [-0.25, -0.2) is 0 Å². The van der Waals surface area contributed by atoms with E-state index < -0.39 is 0 Å². The van der Waals surface area contributed by atoms with Gasteiger partial charge in [-0.3, -0.25) is 14.7 Å². The predicted octanol–water partition coefficient (Wildman–Crippen LogP) is 3.48. The molecule has 2 aliphatic rings. The van der Waals surface area contributed by atoms with E-state index in [0.717, 1.165) is 75.6 Å². The van der Waals surface area contributed by atoms with E-state index in [9.17, 15) is 4.79 Å². The standard InChI is InChI=1S/C28H35N7O/c36-28(30-20-23-7-4-14-29-19-23)24-10-17-35(18-11-24)27-9-8-26(32-33-27)31-25-12-15-34(16-13-25)21-22-5-2-1-3-6-22/h1-9,14,19,24-25H,10-13,15-18,20-21H2,(H,30,36)(H,31,32). The van der Waals surface area contributed by atoms with Gasteiger partial charge in [0.15, 0.2) is 5.82 Å². The Morgan fingerprint density at radius 1 is 0.861 bits per heavy atom. The van der Waals surface area contributed by atoms with E-state index in [2.05, 4.69) is 65.9 Å². The van der Waals surface area contributed by atoms with Crippen LogP contribution in [0.4, 0.5) is 11.6 Å². The average molecular weight is 486 g/mol. The van der Waals surface area contributed by atoms with Gasteiger partial charge in [-0.2, -0.15) is 0 Å². The molecule has 8 heteroatoms. The first-order valence-corrected chi connectivity index (χ1v) is 13.0. The fourth-order valence-corrected chi connectivity index (χ4v) is 5.06. The fourth-order valence-electron chi connectivity index (χ4n) is 5.06. The second-order valence-electron chi connectivity index (χ2n) is 9.80. The van der Waals surface area contributed by atoms with Crippen molar-refractivity contribution in [1.82, 2.24) is 25.4 Å². The summed E-state index contributed by atoms with van der Waals surface area (Å²) in [6, 6.07) is 19.0. The van der Waals surface area contributed by atoms with Crippen LogP contribution in [0, 0.1) is 5.92 Å². The molecule has 2 aliphatic heterocycles. The molecular formula is C28H35N7O. The van der Waals surface area contributed by atoms with Gasteiger partial charge in [-0.05, 0) is 55.0 Å². The minimum absolute atomic E-state index is 0.0413. The van der Waals surface area contributed by atoms with Gasteiger partial charge in [0.25, 0.3) is 0 Å². The summed E-state index contributed by atoms with van der Waals surface area (Å²) in [6.07, 6.45) is 7.38. The van der Waals surface area contributed by atoms with Crippen LogP contribution >= 0.6 is 0 Å². The van der Waals surface area contributed by atoms with Gasteiger partial charge >= 0.3 is 0 Å². The number of likely N-dealkylation sites (tertiary alicyclic amines) is 1. The summed E-state index contributed by atoms with van der Waals surface area (Å²) in [4.78, 5) is 21.4. The Labute approximate surface area is 213 Å². The molecule has 5 rings (SSSR count). The number of hydrogen-bond acceptors (Lipinski definition) is 7. The van der Waals surface area contributed by atoms with E-state index in [1.165, 1.54) is 5.56 Å². The van der Waals surface area contributed by atoms with Crippen molar-refractivity contribution in [1.29, 1.82) is 0 Å². The first kappa shape index (κ1) is 24.2. The van der Waals surface area contributed by atoms with Crippen LogP contribution < -0.4 is 15.5 Å². The Hall–Kier alpha value is -3.52. The molecule has 1 amide bonds. The molecule has 2 saturated heterocycles. The van der Waals surface area contributed by atoms with Gasteiger partial charge in [0, 0.05) is 63.6 Å². The zero-order chi connectivity index (χ0) is 24.6. The summed E-state index contributed by atoms with van der Waals surface area (Å²) in [6.45, 7) is 5.34. The lowest BCUT2D eigenvalue weighted by atomic mass is 9.96. The number of pyridine rings is 1. The molecule has 2 N–H and O–H groups in total. The van der Waals surface area contributed by atoms with Gasteiger partial charge < -0.3 is 15.5 Å². The van der Waals surface area contributed by atoms with Crippen LogP contribution in [0.2, 0.25) is 0 Å². The number of aromatic nitrogens is 3. The van der Waals surface area contributed by atoms with E-state index in [4.69, 9.17) is 0 Å². The summed E-state index contributed by atoms with van der Waals surface area (Å²) in [7, 11) is 0. The first-order chi connectivity index (χ1) is 17.7. The van der Waals surface area contributed by atoms with Crippen LogP contribution in [-0.4, -0.2) is 58.2 Å². The van der Waals surface area contributed by atoms with Gasteiger partial charge in [0.05, 0.1) is 0 Å². The van der Waals surface area contributed by atoms with Gasteiger partial charge in [-0.1, -0.05) is 36.4 Å². The lowest BCUT2D eigenvalue weighted by Crippen LogP contribution is -2.40. The summed E-state index contributed by atoms with van der Waals surface area (Å²) in [5.41, 5.74) is 2.39. The van der Waals surface area contributed by atoms with Crippen molar-refractivity contribution in [2.45, 2.75) is 44.8 Å². The highest BCUT2D eigenvalue weighted by molar-refractivity contribution is 5.79. The number of nitrogens with one attached hydrogen (secondary N) is 2. The molecule has 0 unspecified atom stereocenters. The number of piperidine rings is 2. The number of nitrogens with zero attached hydrogens (tertiary/aromatic N) is 5. The lowest BCUT2D eigenvalue weighted by Gasteiger charge is -2.33. The van der Waals surface area contributed by atoms with Crippen LogP contribution in [0.5, 0.6) is 0 Å². The number of carbonyl (C=O) groups excluding carboxylic acids is 1. The van der Waals surface area contributed by atoms with Crippen LogP contribution in [0.3, 0.4) is 0 Å². The van der Waals surface area contributed by atoms with Crippen molar-refractivity contribution in [3.05, 3.63) is 78.1 Å². The molecule has 36 heavy (non-hydrogen) atoms. The van der Waals surface area contributed by atoms with Crippen LogP contribution in [-0.2, 0) is 17.9 Å². The second-order valence-corrected chi connectivity index (χ2v) is 9.80. The molecule has 2 aromatic heterocycles. The zero-order valence-electron chi connectivity index (χ0n) is 20.7. The summed E-state index contributed by atoms with van der Waals surface area (Å²) < 4.78 is 0.